The van der Waals surface area contributed by atoms with E-state index in [9.17, 15) is 0 Å². The summed E-state index contributed by atoms with van der Waals surface area (Å²) < 4.78 is 2.97. The van der Waals surface area contributed by atoms with Crippen LogP contribution in [-0.2, 0) is 38.7 Å². The van der Waals surface area contributed by atoms with Gasteiger partial charge in [-0.1, -0.05) is 0 Å². The van der Waals surface area contributed by atoms with Crippen LogP contribution >= 0.6 is 0 Å². The first-order valence-corrected chi connectivity index (χ1v) is 7.20. The van der Waals surface area contributed by atoms with Gasteiger partial charge in [0.05, 0.1) is 0 Å². The van der Waals surface area contributed by atoms with Gasteiger partial charge in [0, 0.05) is 0 Å². The van der Waals surface area contributed by atoms with Crippen LogP contribution in [0, 0.1) is 11.3 Å². The average Bonchev–Trinajstić information content (AvgIpc) is 2.09. The summed E-state index contributed by atoms with van der Waals surface area (Å²) in [6.45, 7) is 15.2. The molecule has 0 aromatic heterocycles. The number of rotatable bonds is 0. The second-order valence-electron chi connectivity index (χ2n) is 4.09. The Morgan fingerprint density at radius 2 is 1.62 bits per heavy atom. The second-order valence-corrected chi connectivity index (χ2v) is 7.14. The Morgan fingerprint density at radius 1 is 1.15 bits per heavy atom. The average molecular weight is 514 g/mol. The van der Waals surface area contributed by atoms with E-state index < -0.39 is 0 Å². The predicted molar refractivity (Wildman–Crippen MR) is 51.2 cm³/mol. The first-order valence-electron chi connectivity index (χ1n) is 4.27. The van der Waals surface area contributed by atoms with Crippen LogP contribution in [0.3, 0.4) is 0 Å². The van der Waals surface area contributed by atoms with Gasteiger partial charge < -0.3 is 0 Å². The fourth-order valence-electron chi connectivity index (χ4n) is 1.46. The molecule has 0 bridgehead atoms. The van der Waals surface area contributed by atoms with Gasteiger partial charge in [0.25, 0.3) is 0 Å². The fourth-order valence-corrected chi connectivity index (χ4v) is 4.04. The minimum atomic E-state index is 0.296. The summed E-state index contributed by atoms with van der Waals surface area (Å²) in [6.07, 6.45) is 0. The van der Waals surface area contributed by atoms with E-state index in [0.717, 1.165) is 0 Å². The van der Waals surface area contributed by atoms with Gasteiger partial charge in [-0.25, -0.2) is 0 Å². The van der Waals surface area contributed by atoms with Crippen LogP contribution in [0.5, 0.6) is 0 Å². The second kappa shape index (κ2) is 3.63. The molecule has 13 heavy (non-hydrogen) atoms. The van der Waals surface area contributed by atoms with Gasteiger partial charge in [0.2, 0.25) is 0 Å². The van der Waals surface area contributed by atoms with Gasteiger partial charge in [-0.3, -0.25) is 0 Å². The van der Waals surface area contributed by atoms with Gasteiger partial charge in [0.1, 0.15) is 0 Å². The van der Waals surface area contributed by atoms with Crippen LogP contribution in [0.2, 0.25) is 0 Å². The van der Waals surface area contributed by atoms with Gasteiger partial charge in [0.15, 0.2) is 0 Å². The summed E-state index contributed by atoms with van der Waals surface area (Å²) in [7, 11) is 0. The molecular formula is C11H14W2. The summed E-state index contributed by atoms with van der Waals surface area (Å²) >= 11 is 3.09. The van der Waals surface area contributed by atoms with Crippen molar-refractivity contribution in [1.29, 1.82) is 0 Å². The Morgan fingerprint density at radius 3 is 2.08 bits per heavy atom. The molecule has 0 nitrogen and oxygen atoms in total. The molecule has 70 valence electrons. The molecule has 0 amide bonds. The zero-order chi connectivity index (χ0) is 10.4. The van der Waals surface area contributed by atoms with Crippen LogP contribution in [0.1, 0.15) is 20.8 Å². The molecule has 1 atom stereocenters. The SMILES string of the molecule is C=C1C(=C)[C](=[W])C(C)(C)C(C)[C]1=[W]. The molecular weight excluding hydrogens is 500 g/mol. The number of hydrogen-bond donors (Lipinski definition) is 0. The molecule has 0 aromatic rings. The third kappa shape index (κ3) is 1.73. The van der Waals surface area contributed by atoms with Gasteiger partial charge in [-0.05, 0) is 0 Å². The Balaban J connectivity index is 3.23. The first kappa shape index (κ1) is 11.7. The molecule has 0 N–H and O–H groups in total. The zero-order valence-corrected chi connectivity index (χ0v) is 14.2. The van der Waals surface area contributed by atoms with Crippen LogP contribution < -0.4 is 0 Å². The monoisotopic (exact) mass is 514 g/mol. The molecule has 0 heterocycles. The Kier molecular flexibility index (Phi) is 3.26. The third-order valence-electron chi connectivity index (χ3n) is 3.00. The molecule has 1 aliphatic rings. The minimum absolute atomic E-state index is 0.296. The topological polar surface area (TPSA) is 0 Å². The summed E-state index contributed by atoms with van der Waals surface area (Å²) in [4.78, 5) is 0. The number of allylic oxidation sites excluding steroid dienone is 2. The molecule has 0 saturated heterocycles. The first-order chi connectivity index (χ1) is 5.80. The van der Waals surface area contributed by atoms with E-state index in [1.807, 2.05) is 0 Å². The Hall–Kier alpha value is 0.597. The van der Waals surface area contributed by atoms with Crippen molar-refractivity contribution in [3.63, 3.8) is 0 Å². The molecule has 1 unspecified atom stereocenters. The maximum atomic E-state index is 4.13. The summed E-state index contributed by atoms with van der Waals surface area (Å²) in [5, 5.41) is 0. The molecule has 2 heteroatoms. The maximum absolute atomic E-state index is 4.13. The van der Waals surface area contributed by atoms with E-state index in [-0.39, 0.29) is 0 Å². The van der Waals surface area contributed by atoms with Crippen molar-refractivity contribution in [2.24, 2.45) is 11.3 Å². The molecule has 1 saturated carbocycles. The van der Waals surface area contributed by atoms with E-state index >= 15 is 0 Å². The predicted octanol–water partition coefficient (Wildman–Crippen LogP) is 2.21. The molecule has 1 rings (SSSR count). The summed E-state index contributed by atoms with van der Waals surface area (Å²) in [6, 6.07) is 0. The van der Waals surface area contributed by atoms with Crippen molar-refractivity contribution >= 4 is 7.80 Å². The molecule has 0 aromatic carbocycles. The van der Waals surface area contributed by atoms with Crippen molar-refractivity contribution in [3.8, 4) is 0 Å². The van der Waals surface area contributed by atoms with Gasteiger partial charge in [-0.15, -0.1) is 0 Å². The van der Waals surface area contributed by atoms with Crippen LogP contribution in [0.15, 0.2) is 24.3 Å². The van der Waals surface area contributed by atoms with E-state index in [4.69, 9.17) is 0 Å². The molecule has 1 fully saturated rings. The van der Waals surface area contributed by atoms with Crippen LogP contribution in [0.4, 0.5) is 0 Å². The standard InChI is InChI=1S/C11H14.2W/c1-8-6-10(3)11(4,5)7-9(8)2;;/h10H,1-2H2,3-5H3;;. The van der Waals surface area contributed by atoms with Crippen LogP contribution in [-0.4, -0.2) is 7.80 Å². The summed E-state index contributed by atoms with van der Waals surface area (Å²) in [5.74, 6) is 0.632. The Labute approximate surface area is 102 Å². The zero-order valence-electron chi connectivity index (χ0n) is 8.31. The molecule has 0 spiro atoms. The quantitative estimate of drug-likeness (QED) is 0.466. The molecule has 0 radical (unpaired) electrons. The van der Waals surface area contributed by atoms with E-state index in [0.29, 0.717) is 11.3 Å². The fraction of sp³-hybridized carbons (Fsp3) is 0.455. The van der Waals surface area contributed by atoms with Crippen molar-refractivity contribution < 1.29 is 38.7 Å². The third-order valence-corrected chi connectivity index (χ3v) is 7.93. The molecule has 1 aliphatic carbocycles. The van der Waals surface area contributed by atoms with Gasteiger partial charge >= 0.3 is 103 Å². The van der Waals surface area contributed by atoms with Crippen molar-refractivity contribution in [1.82, 2.24) is 0 Å². The Bertz CT molecular complexity index is 321. The van der Waals surface area contributed by atoms with Gasteiger partial charge in [-0.2, -0.15) is 0 Å². The van der Waals surface area contributed by atoms with E-state index in [1.54, 1.807) is 38.7 Å². The van der Waals surface area contributed by atoms with Crippen LogP contribution in [0.25, 0.3) is 0 Å². The van der Waals surface area contributed by atoms with Crippen molar-refractivity contribution in [2.45, 2.75) is 20.8 Å². The van der Waals surface area contributed by atoms with Crippen molar-refractivity contribution in [2.75, 3.05) is 0 Å². The number of hydrogen-bond acceptors (Lipinski definition) is 0. The van der Waals surface area contributed by atoms with E-state index in [1.165, 1.54) is 18.9 Å². The van der Waals surface area contributed by atoms with E-state index in [2.05, 4.69) is 33.9 Å². The normalized spacial score (nSPS) is 28.1. The molecule has 0 aliphatic heterocycles. The summed E-state index contributed by atoms with van der Waals surface area (Å²) in [5.41, 5.74) is 2.69. The van der Waals surface area contributed by atoms with Crippen molar-refractivity contribution in [3.05, 3.63) is 24.3 Å².